The zero-order valence-corrected chi connectivity index (χ0v) is 16.6. The first-order valence-electron chi connectivity index (χ1n) is 9.89. The number of carbonyl (C=O) groups excluding carboxylic acids is 2. The van der Waals surface area contributed by atoms with Crippen molar-refractivity contribution < 1.29 is 14.3 Å². The number of ether oxygens (including phenoxy) is 1. The second-order valence-electron chi connectivity index (χ2n) is 6.62. The third-order valence-corrected chi connectivity index (χ3v) is 4.46. The van der Waals surface area contributed by atoms with Crippen molar-refractivity contribution in [1.82, 2.24) is 10.2 Å². The molecule has 1 N–H and O–H groups in total. The van der Waals surface area contributed by atoms with Crippen LogP contribution in [-0.4, -0.2) is 43.0 Å². The Kier molecular flexibility index (Phi) is 9.80. The molecule has 2 aromatic carbocycles. The number of rotatable bonds is 12. The molecule has 0 spiro atoms. The van der Waals surface area contributed by atoms with Crippen LogP contribution in [0.4, 0.5) is 0 Å². The number of benzene rings is 2. The van der Waals surface area contributed by atoms with E-state index in [0.29, 0.717) is 39.1 Å². The Hall–Kier alpha value is -2.66. The summed E-state index contributed by atoms with van der Waals surface area (Å²) in [6.07, 6.45) is 1.88. The van der Waals surface area contributed by atoms with Crippen molar-refractivity contribution in [3.63, 3.8) is 0 Å². The molecule has 0 unspecified atom stereocenters. The minimum atomic E-state index is -0.115. The number of carbonyl (C=O) groups is 2. The molecule has 2 amide bonds. The third-order valence-electron chi connectivity index (χ3n) is 4.46. The van der Waals surface area contributed by atoms with Gasteiger partial charge in [0.15, 0.2) is 0 Å². The van der Waals surface area contributed by atoms with Crippen LogP contribution in [0.1, 0.15) is 30.9 Å². The Morgan fingerprint density at radius 3 is 2.21 bits per heavy atom. The molecule has 0 aliphatic rings. The van der Waals surface area contributed by atoms with E-state index in [0.717, 1.165) is 12.0 Å². The fraction of sp³-hybridized carbons (Fsp3) is 0.391. The molecule has 0 aromatic heterocycles. The van der Waals surface area contributed by atoms with Crippen molar-refractivity contribution in [3.05, 3.63) is 71.8 Å². The van der Waals surface area contributed by atoms with Crippen LogP contribution in [-0.2, 0) is 27.3 Å². The first-order valence-corrected chi connectivity index (χ1v) is 9.89. The van der Waals surface area contributed by atoms with E-state index in [1.165, 1.54) is 5.56 Å². The summed E-state index contributed by atoms with van der Waals surface area (Å²) >= 11 is 0. The van der Waals surface area contributed by atoms with E-state index >= 15 is 0 Å². The molecule has 5 heteroatoms. The second-order valence-corrected chi connectivity index (χ2v) is 6.62. The van der Waals surface area contributed by atoms with E-state index in [1.807, 2.05) is 55.5 Å². The average molecular weight is 383 g/mol. The van der Waals surface area contributed by atoms with Gasteiger partial charge in [-0.1, -0.05) is 60.7 Å². The van der Waals surface area contributed by atoms with Gasteiger partial charge in [-0.3, -0.25) is 9.59 Å². The Balaban J connectivity index is 1.56. The summed E-state index contributed by atoms with van der Waals surface area (Å²) in [5.41, 5.74) is 2.33. The van der Waals surface area contributed by atoms with E-state index in [1.54, 1.807) is 4.90 Å². The molecule has 5 nitrogen and oxygen atoms in total. The first kappa shape index (κ1) is 21.6. The zero-order chi connectivity index (χ0) is 20.0. The predicted octanol–water partition coefficient (Wildman–Crippen LogP) is 3.19. The summed E-state index contributed by atoms with van der Waals surface area (Å²) in [5, 5.41) is 2.71. The number of hydrogen-bond acceptors (Lipinski definition) is 3. The van der Waals surface area contributed by atoms with Crippen LogP contribution in [0.2, 0.25) is 0 Å². The number of hydrogen-bond donors (Lipinski definition) is 1. The lowest BCUT2D eigenvalue weighted by molar-refractivity contribution is -0.133. The molecule has 0 heterocycles. The van der Waals surface area contributed by atoms with Crippen molar-refractivity contribution in [1.29, 1.82) is 0 Å². The van der Waals surface area contributed by atoms with Gasteiger partial charge < -0.3 is 15.0 Å². The van der Waals surface area contributed by atoms with Crippen LogP contribution in [0.3, 0.4) is 0 Å². The van der Waals surface area contributed by atoms with Crippen LogP contribution >= 0.6 is 0 Å². The number of likely N-dealkylation sites (N-methyl/N-ethyl adjacent to an activating group) is 1. The van der Waals surface area contributed by atoms with E-state index in [2.05, 4.69) is 17.4 Å². The van der Waals surface area contributed by atoms with Crippen molar-refractivity contribution in [2.75, 3.05) is 26.3 Å². The largest absolute Gasteiger partial charge is 0.381 e. The molecule has 0 saturated carbocycles. The Morgan fingerprint density at radius 1 is 0.929 bits per heavy atom. The van der Waals surface area contributed by atoms with Gasteiger partial charge in [-0.2, -0.15) is 0 Å². The molecule has 0 radical (unpaired) electrons. The Labute approximate surface area is 167 Å². The standard InChI is InChI=1S/C23H30N2O3/c1-2-25(19-21-12-7-4-8-13-21)23(27)18-24-22(26)14-9-16-28-17-15-20-10-5-3-6-11-20/h3-8,10-13H,2,9,14-19H2,1H3,(H,24,26). The van der Waals surface area contributed by atoms with E-state index in [9.17, 15) is 9.59 Å². The van der Waals surface area contributed by atoms with Gasteiger partial charge in [0.2, 0.25) is 11.8 Å². The lowest BCUT2D eigenvalue weighted by atomic mass is 10.2. The van der Waals surface area contributed by atoms with E-state index in [-0.39, 0.29) is 18.4 Å². The maximum Gasteiger partial charge on any atom is 0.242 e. The summed E-state index contributed by atoms with van der Waals surface area (Å²) in [7, 11) is 0. The van der Waals surface area contributed by atoms with Crippen LogP contribution in [0.15, 0.2) is 60.7 Å². The zero-order valence-electron chi connectivity index (χ0n) is 16.6. The van der Waals surface area contributed by atoms with Crippen LogP contribution in [0.5, 0.6) is 0 Å². The van der Waals surface area contributed by atoms with Crippen LogP contribution in [0, 0.1) is 0 Å². The lowest BCUT2D eigenvalue weighted by Crippen LogP contribution is -2.39. The maximum atomic E-state index is 12.3. The third kappa shape index (κ3) is 8.35. The van der Waals surface area contributed by atoms with E-state index < -0.39 is 0 Å². The van der Waals surface area contributed by atoms with Crippen LogP contribution < -0.4 is 5.32 Å². The fourth-order valence-corrected chi connectivity index (χ4v) is 2.83. The molecular weight excluding hydrogens is 352 g/mol. The Bertz CT molecular complexity index is 704. The Morgan fingerprint density at radius 2 is 1.57 bits per heavy atom. The van der Waals surface area contributed by atoms with Crippen molar-refractivity contribution in [3.8, 4) is 0 Å². The van der Waals surface area contributed by atoms with Gasteiger partial charge in [0, 0.05) is 26.1 Å². The summed E-state index contributed by atoms with van der Waals surface area (Å²) < 4.78 is 5.58. The molecule has 0 atom stereocenters. The van der Waals surface area contributed by atoms with Gasteiger partial charge in [0.1, 0.15) is 0 Å². The second kappa shape index (κ2) is 12.7. The smallest absolute Gasteiger partial charge is 0.242 e. The fourth-order valence-electron chi connectivity index (χ4n) is 2.83. The highest BCUT2D eigenvalue weighted by Crippen LogP contribution is 2.04. The quantitative estimate of drug-likeness (QED) is 0.574. The predicted molar refractivity (Wildman–Crippen MR) is 111 cm³/mol. The van der Waals surface area contributed by atoms with Gasteiger partial charge in [-0.25, -0.2) is 0 Å². The number of nitrogens with one attached hydrogen (secondary N) is 1. The molecule has 0 saturated heterocycles. The van der Waals surface area contributed by atoms with Gasteiger partial charge in [-0.05, 0) is 30.9 Å². The SMILES string of the molecule is CCN(Cc1ccccc1)C(=O)CNC(=O)CCCOCCc1ccccc1. The number of nitrogens with zero attached hydrogens (tertiary/aromatic N) is 1. The lowest BCUT2D eigenvalue weighted by Gasteiger charge is -2.21. The summed E-state index contributed by atoms with van der Waals surface area (Å²) in [5.74, 6) is -0.186. The highest BCUT2D eigenvalue weighted by molar-refractivity contribution is 5.84. The van der Waals surface area contributed by atoms with Crippen molar-refractivity contribution >= 4 is 11.8 Å². The van der Waals surface area contributed by atoms with Gasteiger partial charge in [0.05, 0.1) is 13.2 Å². The molecule has 2 aromatic rings. The highest BCUT2D eigenvalue weighted by atomic mass is 16.5. The molecule has 2 rings (SSSR count). The number of amides is 2. The normalized spacial score (nSPS) is 10.5. The summed E-state index contributed by atoms with van der Waals surface area (Å²) in [6.45, 7) is 4.34. The monoisotopic (exact) mass is 382 g/mol. The van der Waals surface area contributed by atoms with E-state index in [4.69, 9.17) is 4.74 Å². The molecule has 0 bridgehead atoms. The molecule has 0 fully saturated rings. The minimum Gasteiger partial charge on any atom is -0.381 e. The molecule has 0 aliphatic carbocycles. The first-order chi connectivity index (χ1) is 13.7. The highest BCUT2D eigenvalue weighted by Gasteiger charge is 2.13. The van der Waals surface area contributed by atoms with Crippen molar-refractivity contribution in [2.45, 2.75) is 32.7 Å². The maximum absolute atomic E-state index is 12.3. The van der Waals surface area contributed by atoms with Gasteiger partial charge in [-0.15, -0.1) is 0 Å². The van der Waals surface area contributed by atoms with Gasteiger partial charge >= 0.3 is 0 Å². The topological polar surface area (TPSA) is 58.6 Å². The molecular formula is C23H30N2O3. The molecule has 0 aliphatic heterocycles. The minimum absolute atomic E-state index is 0.0361. The van der Waals surface area contributed by atoms with Gasteiger partial charge in [0.25, 0.3) is 0 Å². The average Bonchev–Trinajstić information content (AvgIpc) is 2.74. The van der Waals surface area contributed by atoms with Crippen molar-refractivity contribution in [2.24, 2.45) is 0 Å². The summed E-state index contributed by atoms with van der Waals surface area (Å²) in [6, 6.07) is 20.0. The molecule has 28 heavy (non-hydrogen) atoms. The summed E-state index contributed by atoms with van der Waals surface area (Å²) in [4.78, 5) is 26.0. The van der Waals surface area contributed by atoms with Crippen LogP contribution in [0.25, 0.3) is 0 Å². The molecule has 150 valence electrons.